The van der Waals surface area contributed by atoms with Gasteiger partial charge in [-0.1, -0.05) is 42.8 Å². The molecule has 1 saturated heterocycles. The lowest BCUT2D eigenvalue weighted by Crippen LogP contribution is -2.39. The summed E-state index contributed by atoms with van der Waals surface area (Å²) in [5, 5.41) is 0.625. The summed E-state index contributed by atoms with van der Waals surface area (Å²) in [6, 6.07) is 17.6. The number of ether oxygens (including phenoxy) is 2. The van der Waals surface area contributed by atoms with Crippen molar-refractivity contribution in [2.75, 3.05) is 18.0 Å². The van der Waals surface area contributed by atoms with E-state index in [0.717, 1.165) is 53.2 Å². The van der Waals surface area contributed by atoms with Crippen molar-refractivity contribution in [2.24, 2.45) is 5.92 Å². The summed E-state index contributed by atoms with van der Waals surface area (Å²) >= 11 is 6.60. The van der Waals surface area contributed by atoms with Gasteiger partial charge < -0.3 is 14.4 Å². The summed E-state index contributed by atoms with van der Waals surface area (Å²) in [5.41, 5.74) is 3.98. The Hall–Kier alpha value is -2.98. The van der Waals surface area contributed by atoms with Crippen LogP contribution in [0.5, 0.6) is 11.5 Å². The van der Waals surface area contributed by atoms with Crippen molar-refractivity contribution in [1.29, 1.82) is 0 Å². The van der Waals surface area contributed by atoms with Gasteiger partial charge in [0.1, 0.15) is 11.5 Å². The Bertz CT molecular complexity index is 1270. The fourth-order valence-electron chi connectivity index (χ4n) is 5.50. The Morgan fingerprint density at radius 1 is 1.06 bits per heavy atom. The Balaban J connectivity index is 1.68. The maximum Gasteiger partial charge on any atom is 0.340 e. The van der Waals surface area contributed by atoms with Crippen molar-refractivity contribution in [2.45, 2.75) is 32.3 Å². The lowest BCUT2D eigenvalue weighted by Gasteiger charge is -2.41. The number of carbonyl (C=O) groups excluding carboxylic acids is 1. The standard InChI is InChI=1S/C27H24ClNO3/c1-16-7-6-12-29(15-16)22-10-5-11-23-25(22)27(19-9-4-3-8-18(19)26(30)32-27)20-14-21(28)17(2)13-24(20)31-23/h3-5,8-11,13-14,16H,6-7,12,15H2,1-2H3. The Morgan fingerprint density at radius 3 is 2.75 bits per heavy atom. The fourth-order valence-corrected chi connectivity index (χ4v) is 5.66. The molecule has 2 unspecified atom stereocenters. The molecule has 0 radical (unpaired) electrons. The molecule has 0 saturated carbocycles. The molecule has 3 heterocycles. The molecular formula is C27H24ClNO3. The SMILES string of the molecule is Cc1cc2c(cc1Cl)C1(OC(=O)c3ccccc31)c1c(cccc1N1CCCC(C)C1)O2. The average molecular weight is 446 g/mol. The number of hydrogen-bond donors (Lipinski definition) is 0. The zero-order valence-electron chi connectivity index (χ0n) is 18.2. The van der Waals surface area contributed by atoms with E-state index in [-0.39, 0.29) is 5.97 Å². The van der Waals surface area contributed by atoms with Crippen molar-refractivity contribution >= 4 is 23.3 Å². The molecule has 1 spiro atoms. The van der Waals surface area contributed by atoms with E-state index >= 15 is 0 Å². The van der Waals surface area contributed by atoms with Crippen molar-refractivity contribution < 1.29 is 14.3 Å². The second-order valence-electron chi connectivity index (χ2n) is 9.16. The third-order valence-corrected chi connectivity index (χ3v) is 7.39. The highest BCUT2D eigenvalue weighted by Gasteiger charge is 2.55. The maximum absolute atomic E-state index is 13.1. The summed E-state index contributed by atoms with van der Waals surface area (Å²) < 4.78 is 12.8. The van der Waals surface area contributed by atoms with Crippen LogP contribution < -0.4 is 9.64 Å². The first kappa shape index (κ1) is 19.7. The third kappa shape index (κ3) is 2.65. The van der Waals surface area contributed by atoms with Crippen LogP contribution in [-0.4, -0.2) is 19.1 Å². The molecule has 1 fully saturated rings. The lowest BCUT2D eigenvalue weighted by molar-refractivity contribution is 0.0225. The number of hydrogen-bond acceptors (Lipinski definition) is 4. The van der Waals surface area contributed by atoms with E-state index in [9.17, 15) is 4.79 Å². The van der Waals surface area contributed by atoms with Crippen LogP contribution in [0.1, 0.15) is 52.4 Å². The molecule has 3 aromatic carbocycles. The number of rotatable bonds is 1. The predicted molar refractivity (Wildman–Crippen MR) is 125 cm³/mol. The van der Waals surface area contributed by atoms with Gasteiger partial charge in [-0.15, -0.1) is 0 Å². The van der Waals surface area contributed by atoms with E-state index in [0.29, 0.717) is 22.3 Å². The number of benzene rings is 3. The Morgan fingerprint density at radius 2 is 1.91 bits per heavy atom. The molecule has 5 heteroatoms. The minimum atomic E-state index is -1.09. The molecule has 0 aliphatic carbocycles. The van der Waals surface area contributed by atoms with Gasteiger partial charge in [0.05, 0.1) is 11.1 Å². The Kier molecular flexibility index (Phi) is 4.31. The van der Waals surface area contributed by atoms with Gasteiger partial charge in [-0.25, -0.2) is 4.79 Å². The summed E-state index contributed by atoms with van der Waals surface area (Å²) in [5.74, 6) is 1.67. The number of carbonyl (C=O) groups is 1. The topological polar surface area (TPSA) is 38.8 Å². The smallest absolute Gasteiger partial charge is 0.340 e. The molecule has 32 heavy (non-hydrogen) atoms. The predicted octanol–water partition coefficient (Wildman–Crippen LogP) is 6.45. The van der Waals surface area contributed by atoms with Crippen LogP contribution in [0.4, 0.5) is 5.69 Å². The highest BCUT2D eigenvalue weighted by Crippen LogP contribution is 2.59. The van der Waals surface area contributed by atoms with Gasteiger partial charge in [-0.05, 0) is 61.6 Å². The molecule has 0 N–H and O–H groups in total. The molecule has 162 valence electrons. The van der Waals surface area contributed by atoms with Gasteiger partial charge in [0, 0.05) is 34.9 Å². The van der Waals surface area contributed by atoms with Crippen LogP contribution in [0.3, 0.4) is 0 Å². The zero-order valence-corrected chi connectivity index (χ0v) is 18.9. The molecule has 4 nitrogen and oxygen atoms in total. The second kappa shape index (κ2) is 7.01. The van der Waals surface area contributed by atoms with Gasteiger partial charge >= 0.3 is 5.97 Å². The molecule has 0 bridgehead atoms. The molecule has 0 amide bonds. The number of nitrogens with zero attached hydrogens (tertiary/aromatic N) is 1. The van der Waals surface area contributed by atoms with Crippen molar-refractivity contribution in [1.82, 2.24) is 0 Å². The molecular weight excluding hydrogens is 422 g/mol. The van der Waals surface area contributed by atoms with Crippen LogP contribution in [0, 0.1) is 12.8 Å². The first-order chi connectivity index (χ1) is 15.5. The van der Waals surface area contributed by atoms with E-state index in [1.165, 1.54) is 6.42 Å². The van der Waals surface area contributed by atoms with Gasteiger partial charge in [0.25, 0.3) is 0 Å². The number of halogens is 1. The van der Waals surface area contributed by atoms with Crippen molar-refractivity contribution in [3.05, 3.63) is 87.4 Å². The second-order valence-corrected chi connectivity index (χ2v) is 9.57. The highest BCUT2D eigenvalue weighted by molar-refractivity contribution is 6.31. The molecule has 3 aliphatic rings. The Labute approximate surface area is 192 Å². The quantitative estimate of drug-likeness (QED) is 0.403. The van der Waals surface area contributed by atoms with Crippen LogP contribution >= 0.6 is 11.6 Å². The number of esters is 1. The lowest BCUT2D eigenvalue weighted by atomic mass is 9.76. The fraction of sp³-hybridized carbons (Fsp3) is 0.296. The van der Waals surface area contributed by atoms with E-state index in [1.807, 2.05) is 55.5 Å². The summed E-state index contributed by atoms with van der Waals surface area (Å²) in [4.78, 5) is 15.6. The number of anilines is 1. The molecule has 6 rings (SSSR count). The molecule has 0 aromatic heterocycles. The summed E-state index contributed by atoms with van der Waals surface area (Å²) in [6.07, 6.45) is 2.36. The average Bonchev–Trinajstić information content (AvgIpc) is 3.08. The maximum atomic E-state index is 13.1. The van der Waals surface area contributed by atoms with Crippen LogP contribution in [0.25, 0.3) is 0 Å². The molecule has 3 aliphatic heterocycles. The van der Waals surface area contributed by atoms with E-state index in [4.69, 9.17) is 21.1 Å². The summed E-state index contributed by atoms with van der Waals surface area (Å²) in [7, 11) is 0. The minimum absolute atomic E-state index is 0.321. The first-order valence-electron chi connectivity index (χ1n) is 11.2. The largest absolute Gasteiger partial charge is 0.456 e. The van der Waals surface area contributed by atoms with Crippen LogP contribution in [0.2, 0.25) is 5.02 Å². The normalized spacial score (nSPS) is 23.3. The van der Waals surface area contributed by atoms with E-state index in [2.05, 4.69) is 17.9 Å². The number of aryl methyl sites for hydroxylation is 1. The number of piperidine rings is 1. The minimum Gasteiger partial charge on any atom is -0.456 e. The van der Waals surface area contributed by atoms with Crippen LogP contribution in [-0.2, 0) is 10.3 Å². The monoisotopic (exact) mass is 445 g/mol. The zero-order chi connectivity index (χ0) is 22.0. The van der Waals surface area contributed by atoms with Gasteiger partial charge in [0.15, 0.2) is 5.60 Å². The van der Waals surface area contributed by atoms with Crippen molar-refractivity contribution in [3.8, 4) is 11.5 Å². The highest BCUT2D eigenvalue weighted by atomic mass is 35.5. The van der Waals surface area contributed by atoms with E-state index < -0.39 is 5.60 Å². The van der Waals surface area contributed by atoms with Gasteiger partial charge in [-0.3, -0.25) is 0 Å². The third-order valence-electron chi connectivity index (χ3n) is 6.99. The molecule has 3 aromatic rings. The number of fused-ring (bicyclic) bond motifs is 6. The van der Waals surface area contributed by atoms with Crippen LogP contribution in [0.15, 0.2) is 54.6 Å². The summed E-state index contributed by atoms with van der Waals surface area (Å²) in [6.45, 7) is 6.17. The first-order valence-corrected chi connectivity index (χ1v) is 11.6. The van der Waals surface area contributed by atoms with Gasteiger partial charge in [-0.2, -0.15) is 0 Å². The van der Waals surface area contributed by atoms with Crippen molar-refractivity contribution in [3.63, 3.8) is 0 Å². The van der Waals surface area contributed by atoms with E-state index in [1.54, 1.807) is 0 Å². The molecule has 2 atom stereocenters. The van der Waals surface area contributed by atoms with Gasteiger partial charge in [0.2, 0.25) is 0 Å².